The number of rotatable bonds is 17. The van der Waals surface area contributed by atoms with E-state index in [9.17, 15) is 14.4 Å². The van der Waals surface area contributed by atoms with E-state index in [2.05, 4.69) is 79.8 Å². The van der Waals surface area contributed by atoms with Gasteiger partial charge in [0.05, 0.1) is 0 Å². The lowest BCUT2D eigenvalue weighted by atomic mass is 10.0. The Balaban J connectivity index is 2.11. The van der Waals surface area contributed by atoms with Crippen LogP contribution < -0.4 is 0 Å². The average molecular weight is 523 g/mol. The molecule has 1 rings (SSSR count). The first-order chi connectivity index (χ1) is 18.5. The molecule has 2 amide bonds. The number of carboxylic acid groups (broad SMARTS) is 1. The Bertz CT molecular complexity index is 900. The molecule has 0 bridgehead atoms. The van der Waals surface area contributed by atoms with Crippen molar-refractivity contribution in [1.82, 2.24) is 9.80 Å². The number of nitrogens with zero attached hydrogens (tertiary/aromatic N) is 2. The van der Waals surface area contributed by atoms with E-state index in [-0.39, 0.29) is 17.9 Å². The van der Waals surface area contributed by atoms with Gasteiger partial charge >= 0.3 is 5.97 Å². The van der Waals surface area contributed by atoms with Crippen LogP contribution in [0.4, 0.5) is 0 Å². The molecule has 1 N–H and O–H groups in total. The number of carbonyl (C=O) groups is 3. The first-order valence-electron chi connectivity index (χ1n) is 13.8. The number of hydrogen-bond acceptors (Lipinski definition) is 3. The highest BCUT2D eigenvalue weighted by atomic mass is 16.4. The van der Waals surface area contributed by atoms with Crippen molar-refractivity contribution in [3.63, 3.8) is 0 Å². The van der Waals surface area contributed by atoms with Crippen LogP contribution in [0.2, 0.25) is 0 Å². The molecule has 0 aromatic rings. The van der Waals surface area contributed by atoms with Crippen molar-refractivity contribution in [1.29, 1.82) is 0 Å². The number of carboxylic acids is 1. The molecule has 208 valence electrons. The maximum Gasteiger partial charge on any atom is 0.328 e. The van der Waals surface area contributed by atoms with Crippen molar-refractivity contribution >= 4 is 17.8 Å². The lowest BCUT2D eigenvalue weighted by Gasteiger charge is -2.36. The minimum atomic E-state index is -1.14. The summed E-state index contributed by atoms with van der Waals surface area (Å²) in [7, 11) is 1.68. The average Bonchev–Trinajstić information content (AvgIpc) is 2.92. The fraction of sp³-hybridized carbons (Fsp3) is 0.469. The van der Waals surface area contributed by atoms with E-state index in [0.29, 0.717) is 32.4 Å². The van der Waals surface area contributed by atoms with E-state index < -0.39 is 5.97 Å². The van der Waals surface area contributed by atoms with Gasteiger partial charge in [0.2, 0.25) is 11.8 Å². The Kier molecular flexibility index (Phi) is 18.6. The van der Waals surface area contributed by atoms with Crippen LogP contribution in [0.1, 0.15) is 71.1 Å². The number of likely N-dealkylation sites (tertiary alicyclic amines) is 1. The third-order valence-corrected chi connectivity index (χ3v) is 6.20. The molecule has 0 unspecified atom stereocenters. The summed E-state index contributed by atoms with van der Waals surface area (Å²) < 4.78 is 0. The van der Waals surface area contributed by atoms with Gasteiger partial charge in [-0.15, -0.1) is 0 Å². The molecular formula is C32H46N2O4. The quantitative estimate of drug-likeness (QED) is 0.173. The summed E-state index contributed by atoms with van der Waals surface area (Å²) in [6, 6.07) is 0.0216. The molecule has 38 heavy (non-hydrogen) atoms. The molecule has 0 aliphatic carbocycles. The highest BCUT2D eigenvalue weighted by Crippen LogP contribution is 2.17. The van der Waals surface area contributed by atoms with Crippen LogP contribution in [0.15, 0.2) is 85.1 Å². The number of aliphatic carboxylic acids is 1. The molecule has 0 spiro atoms. The van der Waals surface area contributed by atoms with E-state index in [4.69, 9.17) is 5.11 Å². The second kappa shape index (κ2) is 21.7. The second-order valence-corrected chi connectivity index (χ2v) is 9.19. The van der Waals surface area contributed by atoms with Crippen molar-refractivity contribution in [2.75, 3.05) is 20.1 Å². The van der Waals surface area contributed by atoms with Crippen LogP contribution in [0, 0.1) is 0 Å². The summed E-state index contributed by atoms with van der Waals surface area (Å²) in [5.41, 5.74) is 0. The second-order valence-electron chi connectivity index (χ2n) is 9.19. The van der Waals surface area contributed by atoms with E-state index in [1.165, 1.54) is 0 Å². The molecule has 1 heterocycles. The Morgan fingerprint density at radius 1 is 0.737 bits per heavy atom. The number of hydrogen-bond donors (Lipinski definition) is 1. The molecular weight excluding hydrogens is 476 g/mol. The Labute approximate surface area is 229 Å². The molecule has 1 aliphatic heterocycles. The fourth-order valence-electron chi connectivity index (χ4n) is 3.95. The standard InChI is InChI=1S/C32H46N2O4/c1-3-4-5-6-7-8-9-10-11-12-13-14-15-16-17-18-19-20-21-22-31(36)34-27-25-29(26-28-34)33(2)30(35)23-24-32(37)38/h4-5,7-8,10-11,13-14,16-17,19-20,23-24,29H,3,6,9,12,15,18,21-22,25-28H2,1-2H3,(H,37,38). The number of carbonyl (C=O) groups excluding carboxylic acids is 2. The third kappa shape index (κ3) is 16.4. The molecule has 0 aromatic carbocycles. The number of likely N-dealkylation sites (N-methyl/N-ethyl adjacent to an activating group) is 1. The van der Waals surface area contributed by atoms with Crippen LogP contribution in [-0.4, -0.2) is 58.9 Å². The third-order valence-electron chi connectivity index (χ3n) is 6.20. The van der Waals surface area contributed by atoms with Gasteiger partial charge in [-0.1, -0.05) is 79.8 Å². The number of allylic oxidation sites excluding steroid dienone is 12. The Morgan fingerprint density at radius 3 is 1.63 bits per heavy atom. The SMILES string of the molecule is CCC=CCC=CCC=CCC=CCC=CCC=CCCC(=O)N1CCC(N(C)C(=O)C=CC(=O)O)CC1. The molecule has 0 radical (unpaired) electrons. The topological polar surface area (TPSA) is 77.9 Å². The summed E-state index contributed by atoms with van der Waals surface area (Å²) in [5.74, 6) is -1.32. The first-order valence-corrected chi connectivity index (χ1v) is 13.8. The van der Waals surface area contributed by atoms with Gasteiger partial charge in [-0.2, -0.15) is 0 Å². The van der Waals surface area contributed by atoms with E-state index in [0.717, 1.165) is 57.1 Å². The number of amides is 2. The molecule has 6 nitrogen and oxygen atoms in total. The van der Waals surface area contributed by atoms with Crippen molar-refractivity contribution < 1.29 is 19.5 Å². The minimum absolute atomic E-state index is 0.0216. The molecule has 1 fully saturated rings. The van der Waals surface area contributed by atoms with Gasteiger partial charge in [-0.25, -0.2) is 4.79 Å². The van der Waals surface area contributed by atoms with Gasteiger partial charge in [-0.3, -0.25) is 9.59 Å². The summed E-state index contributed by atoms with van der Waals surface area (Å²) in [6.07, 6.45) is 36.4. The van der Waals surface area contributed by atoms with Crippen molar-refractivity contribution in [3.8, 4) is 0 Å². The monoisotopic (exact) mass is 522 g/mol. The molecule has 0 saturated carbocycles. The van der Waals surface area contributed by atoms with Gasteiger partial charge in [0.1, 0.15) is 0 Å². The summed E-state index contributed by atoms with van der Waals surface area (Å²) in [5, 5.41) is 8.66. The van der Waals surface area contributed by atoms with E-state index in [1.807, 2.05) is 4.90 Å². The summed E-state index contributed by atoms with van der Waals surface area (Å²) in [6.45, 7) is 3.38. The van der Waals surface area contributed by atoms with Crippen LogP contribution in [-0.2, 0) is 14.4 Å². The molecule has 0 aromatic heterocycles. The minimum Gasteiger partial charge on any atom is -0.478 e. The molecule has 1 saturated heterocycles. The van der Waals surface area contributed by atoms with Crippen LogP contribution in [0.5, 0.6) is 0 Å². The lowest BCUT2D eigenvalue weighted by Crippen LogP contribution is -2.46. The zero-order chi connectivity index (χ0) is 27.8. The van der Waals surface area contributed by atoms with Crippen molar-refractivity contribution in [3.05, 3.63) is 85.1 Å². The van der Waals surface area contributed by atoms with E-state index >= 15 is 0 Å². The fourth-order valence-corrected chi connectivity index (χ4v) is 3.95. The zero-order valence-corrected chi connectivity index (χ0v) is 23.2. The smallest absolute Gasteiger partial charge is 0.328 e. The van der Waals surface area contributed by atoms with Gasteiger partial charge in [-0.05, 0) is 57.8 Å². The highest BCUT2D eigenvalue weighted by Gasteiger charge is 2.26. The maximum absolute atomic E-state index is 12.5. The normalized spacial score (nSPS) is 15.6. The van der Waals surface area contributed by atoms with Gasteiger partial charge in [0, 0.05) is 44.8 Å². The molecule has 6 heteroatoms. The van der Waals surface area contributed by atoms with Crippen LogP contribution in [0.25, 0.3) is 0 Å². The zero-order valence-electron chi connectivity index (χ0n) is 23.2. The number of piperidine rings is 1. The predicted molar refractivity (Wildman–Crippen MR) is 157 cm³/mol. The molecule has 1 aliphatic rings. The van der Waals surface area contributed by atoms with E-state index in [1.54, 1.807) is 11.9 Å². The van der Waals surface area contributed by atoms with Gasteiger partial charge < -0.3 is 14.9 Å². The predicted octanol–water partition coefficient (Wildman–Crippen LogP) is 6.55. The Hall–Kier alpha value is -3.41. The van der Waals surface area contributed by atoms with Gasteiger partial charge in [0.25, 0.3) is 0 Å². The largest absolute Gasteiger partial charge is 0.478 e. The van der Waals surface area contributed by atoms with Crippen molar-refractivity contribution in [2.45, 2.75) is 77.2 Å². The highest BCUT2D eigenvalue weighted by molar-refractivity contribution is 5.93. The van der Waals surface area contributed by atoms with Crippen LogP contribution >= 0.6 is 0 Å². The Morgan fingerprint density at radius 2 is 1.18 bits per heavy atom. The lowest BCUT2D eigenvalue weighted by molar-refractivity contribution is -0.135. The maximum atomic E-state index is 12.5. The van der Waals surface area contributed by atoms with Gasteiger partial charge in [0.15, 0.2) is 0 Å². The van der Waals surface area contributed by atoms with Crippen molar-refractivity contribution in [2.24, 2.45) is 0 Å². The first kappa shape index (κ1) is 32.6. The summed E-state index contributed by atoms with van der Waals surface area (Å²) in [4.78, 5) is 38.5. The summed E-state index contributed by atoms with van der Waals surface area (Å²) >= 11 is 0. The van der Waals surface area contributed by atoms with Crippen LogP contribution in [0.3, 0.4) is 0 Å². The molecule has 0 atom stereocenters.